The zero-order valence-electron chi connectivity index (χ0n) is 21.5. The highest BCUT2D eigenvalue weighted by atomic mass is 28.3. The van der Waals surface area contributed by atoms with Gasteiger partial charge in [-0.3, -0.25) is 4.79 Å². The van der Waals surface area contributed by atoms with E-state index in [1.54, 1.807) is 24.3 Å². The Kier molecular flexibility index (Phi) is 5.80. The average molecular weight is 509 g/mol. The molecule has 2 aliphatic rings. The minimum absolute atomic E-state index is 0.0254. The topological polar surface area (TPSA) is 83.8 Å². The number of benzene rings is 3. The molecule has 0 unspecified atom stereocenters. The molecule has 0 atom stereocenters. The first-order valence-electron chi connectivity index (χ1n) is 12.1. The van der Waals surface area contributed by atoms with Gasteiger partial charge in [-0.1, -0.05) is 31.3 Å². The molecule has 1 heterocycles. The number of carbonyl (C=O) groups excluding carboxylic acids is 1. The monoisotopic (exact) mass is 508 g/mol. The number of hydrogen-bond donors (Lipinski definition) is 2. The summed E-state index contributed by atoms with van der Waals surface area (Å²) in [6.07, 6.45) is 5.26. The quantitative estimate of drug-likeness (QED) is 0.414. The number of phenols is 1. The van der Waals surface area contributed by atoms with Crippen LogP contribution in [0.5, 0.6) is 17.2 Å². The fraction of sp³-hybridized carbons (Fsp3) is 0.161. The third kappa shape index (κ3) is 4.13. The lowest BCUT2D eigenvalue weighted by molar-refractivity contribution is -0.110. The van der Waals surface area contributed by atoms with Gasteiger partial charge in [-0.25, -0.2) is 4.79 Å². The third-order valence-electron chi connectivity index (χ3n) is 7.31. The van der Waals surface area contributed by atoms with E-state index < -0.39 is 14.0 Å². The fourth-order valence-corrected chi connectivity index (χ4v) is 8.41. The number of allylic oxidation sites excluding steroid dienone is 5. The van der Waals surface area contributed by atoms with Gasteiger partial charge in [0.15, 0.2) is 5.78 Å². The molecule has 0 spiro atoms. The lowest BCUT2D eigenvalue weighted by atomic mass is 9.87. The molecule has 1 aliphatic heterocycles. The van der Waals surface area contributed by atoms with E-state index in [9.17, 15) is 19.8 Å². The van der Waals surface area contributed by atoms with E-state index in [-0.39, 0.29) is 17.1 Å². The standard InChI is InChI=1S/C31H28O5Si/c1-17-12-20(31(34)35)6-9-24(17)29-25-10-7-21(32)15-27(25)37(4,5)28-16-22(8-11-26(28)29)36-23-13-18(2)30(33)19(3)14-23/h6-16,33H,1-5H3,(H,34,35). The molecule has 0 fully saturated rings. The fourth-order valence-electron chi connectivity index (χ4n) is 5.35. The lowest BCUT2D eigenvalue weighted by Crippen LogP contribution is -2.49. The van der Waals surface area contributed by atoms with Gasteiger partial charge in [-0.15, -0.1) is 0 Å². The molecule has 5 nitrogen and oxygen atoms in total. The second-order valence-corrected chi connectivity index (χ2v) is 14.6. The summed E-state index contributed by atoms with van der Waals surface area (Å²) in [5, 5.41) is 21.8. The highest BCUT2D eigenvalue weighted by Gasteiger charge is 2.40. The van der Waals surface area contributed by atoms with Crippen molar-refractivity contribution in [2.24, 2.45) is 0 Å². The molecule has 2 N–H and O–H groups in total. The number of aromatic hydroxyl groups is 1. The maximum absolute atomic E-state index is 12.5. The van der Waals surface area contributed by atoms with Crippen molar-refractivity contribution in [3.63, 3.8) is 0 Å². The van der Waals surface area contributed by atoms with Gasteiger partial charge in [0, 0.05) is 0 Å². The maximum Gasteiger partial charge on any atom is 0.335 e. The number of ketones is 1. The lowest BCUT2D eigenvalue weighted by Gasteiger charge is -2.38. The highest BCUT2D eigenvalue weighted by Crippen LogP contribution is 2.43. The number of hydrogen-bond acceptors (Lipinski definition) is 4. The SMILES string of the molecule is Cc1cc(C(=O)O)ccc1C1=C2C=CC(=O)C=C2[Si](C)(C)c2cc(Oc3cc(C)c(O)c(C)c3)ccc21. The Morgan fingerprint density at radius 2 is 1.51 bits per heavy atom. The van der Waals surface area contributed by atoms with Crippen molar-refractivity contribution in [2.75, 3.05) is 0 Å². The van der Waals surface area contributed by atoms with Gasteiger partial charge in [0.25, 0.3) is 0 Å². The summed E-state index contributed by atoms with van der Waals surface area (Å²) >= 11 is 0. The van der Waals surface area contributed by atoms with Gasteiger partial charge >= 0.3 is 5.97 Å². The molecule has 0 amide bonds. The highest BCUT2D eigenvalue weighted by molar-refractivity contribution is 6.98. The number of carboxylic acids is 1. The maximum atomic E-state index is 12.5. The molecule has 186 valence electrons. The predicted octanol–water partition coefficient (Wildman–Crippen LogP) is 6.14. The van der Waals surface area contributed by atoms with Crippen molar-refractivity contribution in [3.05, 3.63) is 111 Å². The molecule has 3 aromatic carbocycles. The molecule has 6 heteroatoms. The minimum atomic E-state index is -2.30. The van der Waals surface area contributed by atoms with Crippen LogP contribution in [0.2, 0.25) is 13.1 Å². The van der Waals surface area contributed by atoms with Crippen molar-refractivity contribution in [1.29, 1.82) is 0 Å². The summed E-state index contributed by atoms with van der Waals surface area (Å²) in [6, 6.07) is 14.9. The van der Waals surface area contributed by atoms with E-state index in [2.05, 4.69) is 25.2 Å². The van der Waals surface area contributed by atoms with Crippen LogP contribution < -0.4 is 9.92 Å². The van der Waals surface area contributed by atoms with Crippen LogP contribution in [0.3, 0.4) is 0 Å². The number of aromatic carboxylic acids is 1. The van der Waals surface area contributed by atoms with Crippen LogP contribution >= 0.6 is 0 Å². The van der Waals surface area contributed by atoms with Crippen molar-refractivity contribution in [2.45, 2.75) is 33.9 Å². The molecule has 0 aromatic heterocycles. The van der Waals surface area contributed by atoms with Gasteiger partial charge < -0.3 is 14.9 Å². The third-order valence-corrected chi connectivity index (χ3v) is 10.8. The Hall–Kier alpha value is -4.16. The second kappa shape index (κ2) is 8.75. The van der Waals surface area contributed by atoms with Crippen molar-refractivity contribution in [3.8, 4) is 17.2 Å². The number of carbonyl (C=O) groups is 2. The van der Waals surface area contributed by atoms with E-state index in [0.29, 0.717) is 11.5 Å². The van der Waals surface area contributed by atoms with Gasteiger partial charge in [-0.05, 0) is 119 Å². The van der Waals surface area contributed by atoms with Crippen LogP contribution in [0, 0.1) is 20.8 Å². The molecular formula is C31H28O5Si. The smallest absolute Gasteiger partial charge is 0.335 e. The zero-order chi connectivity index (χ0) is 26.6. The number of fused-ring (bicyclic) bond motifs is 2. The molecular weight excluding hydrogens is 480 g/mol. The molecule has 0 saturated carbocycles. The molecule has 0 bridgehead atoms. The van der Waals surface area contributed by atoms with Gasteiger partial charge in [0.2, 0.25) is 0 Å². The molecule has 0 radical (unpaired) electrons. The van der Waals surface area contributed by atoms with Gasteiger partial charge in [0.1, 0.15) is 25.3 Å². The van der Waals surface area contributed by atoms with Crippen LogP contribution in [0.15, 0.2) is 77.5 Å². The number of ether oxygens (including phenoxy) is 1. The van der Waals surface area contributed by atoms with Gasteiger partial charge in [-0.2, -0.15) is 0 Å². The number of aryl methyl sites for hydroxylation is 3. The Labute approximate surface area is 217 Å². The minimum Gasteiger partial charge on any atom is -0.507 e. The van der Waals surface area contributed by atoms with Gasteiger partial charge in [0.05, 0.1) is 5.56 Å². The van der Waals surface area contributed by atoms with Crippen molar-refractivity contribution >= 4 is 30.6 Å². The van der Waals surface area contributed by atoms with Crippen LogP contribution in [0.25, 0.3) is 5.57 Å². The Morgan fingerprint density at radius 1 is 0.838 bits per heavy atom. The summed E-state index contributed by atoms with van der Waals surface area (Å²) in [6.45, 7) is 10.1. The van der Waals surface area contributed by atoms with Crippen LogP contribution in [-0.4, -0.2) is 30.0 Å². The summed E-state index contributed by atoms with van der Waals surface area (Å²) in [4.78, 5) is 24.0. The van der Waals surface area contributed by atoms with E-state index >= 15 is 0 Å². The molecule has 1 aliphatic carbocycles. The summed E-state index contributed by atoms with van der Waals surface area (Å²) in [5.41, 5.74) is 6.61. The molecule has 3 aromatic rings. The molecule has 37 heavy (non-hydrogen) atoms. The summed E-state index contributed by atoms with van der Waals surface area (Å²) in [7, 11) is -2.30. The Bertz CT molecular complexity index is 1580. The summed E-state index contributed by atoms with van der Waals surface area (Å²) < 4.78 is 6.25. The van der Waals surface area contributed by atoms with E-state index in [1.165, 1.54) is 0 Å². The average Bonchev–Trinajstić information content (AvgIpc) is 2.84. The second-order valence-electron chi connectivity index (χ2n) is 10.3. The van der Waals surface area contributed by atoms with E-state index in [1.807, 2.05) is 51.1 Å². The Morgan fingerprint density at radius 3 is 2.16 bits per heavy atom. The van der Waals surface area contributed by atoms with Crippen molar-refractivity contribution in [1.82, 2.24) is 0 Å². The number of phenolic OH excluding ortho intramolecular Hbond substituents is 1. The van der Waals surface area contributed by atoms with E-state index in [4.69, 9.17) is 4.74 Å². The predicted molar refractivity (Wildman–Crippen MR) is 148 cm³/mol. The van der Waals surface area contributed by atoms with Crippen LogP contribution in [0.4, 0.5) is 0 Å². The van der Waals surface area contributed by atoms with E-state index in [0.717, 1.165) is 49.3 Å². The largest absolute Gasteiger partial charge is 0.507 e. The number of rotatable bonds is 4. The van der Waals surface area contributed by atoms with Crippen LogP contribution in [-0.2, 0) is 4.79 Å². The number of carboxylic acid groups (broad SMARTS) is 1. The molecule has 0 saturated heterocycles. The molecule has 5 rings (SSSR count). The van der Waals surface area contributed by atoms with Crippen LogP contribution in [0.1, 0.15) is 38.2 Å². The first-order valence-corrected chi connectivity index (χ1v) is 15.1. The first kappa shape index (κ1) is 24.5. The summed E-state index contributed by atoms with van der Waals surface area (Å²) in [5.74, 6) is 0.606. The zero-order valence-corrected chi connectivity index (χ0v) is 22.5. The van der Waals surface area contributed by atoms with Crippen molar-refractivity contribution < 1.29 is 24.5 Å². The Balaban J connectivity index is 1.70. The first-order chi connectivity index (χ1) is 17.5. The normalized spacial score (nSPS) is 15.7.